The van der Waals surface area contributed by atoms with E-state index in [1.807, 2.05) is 0 Å². The van der Waals surface area contributed by atoms with Gasteiger partial charge in [-0.25, -0.2) is 10.2 Å². The summed E-state index contributed by atoms with van der Waals surface area (Å²) in [5.74, 6) is 0. The van der Waals surface area contributed by atoms with Crippen molar-refractivity contribution in [2.24, 2.45) is 5.16 Å². The average molecular weight is 271 g/mol. The summed E-state index contributed by atoms with van der Waals surface area (Å²) in [4.78, 5) is 11.5. The van der Waals surface area contributed by atoms with Crippen LogP contribution >= 0.6 is 11.6 Å². The smallest absolute Gasteiger partial charge is 0.333 e. The molecule has 0 bridgehead atoms. The van der Waals surface area contributed by atoms with Crippen LogP contribution in [0.15, 0.2) is 29.4 Å². The number of hydrogen-bond donors (Lipinski definition) is 4. The van der Waals surface area contributed by atoms with E-state index in [4.69, 9.17) is 16.8 Å². The number of amides is 2. The number of oxime groups is 1. The van der Waals surface area contributed by atoms with E-state index in [2.05, 4.69) is 21.3 Å². The third kappa shape index (κ3) is 5.03. The van der Waals surface area contributed by atoms with Crippen LogP contribution < -0.4 is 16.2 Å². The minimum Gasteiger partial charge on any atom is -0.411 e. The number of hydrazine groups is 1. The summed E-state index contributed by atoms with van der Waals surface area (Å²) in [7, 11) is 0. The molecule has 98 valence electrons. The highest BCUT2D eigenvalue weighted by Crippen LogP contribution is 2.12. The molecule has 1 rings (SSSR count). The lowest BCUT2D eigenvalue weighted by molar-refractivity contribution is 0.244. The number of rotatable bonds is 4. The van der Waals surface area contributed by atoms with Crippen LogP contribution in [-0.2, 0) is 0 Å². The van der Waals surface area contributed by atoms with Gasteiger partial charge in [-0.05, 0) is 38.1 Å². The van der Waals surface area contributed by atoms with Gasteiger partial charge in [-0.3, -0.25) is 5.43 Å². The number of carbonyl (C=O) groups excluding carboxylic acids is 1. The number of halogens is 1. The Balaban J connectivity index is 2.45. The van der Waals surface area contributed by atoms with Crippen LogP contribution in [0.3, 0.4) is 0 Å². The van der Waals surface area contributed by atoms with Crippen molar-refractivity contribution in [3.05, 3.63) is 29.3 Å². The lowest BCUT2D eigenvalue weighted by Crippen LogP contribution is -2.52. The number of urea groups is 1. The van der Waals surface area contributed by atoms with Crippen molar-refractivity contribution in [3.63, 3.8) is 0 Å². The second-order valence-corrected chi connectivity index (χ2v) is 4.61. The van der Waals surface area contributed by atoms with E-state index in [9.17, 15) is 4.79 Å². The second-order valence-electron chi connectivity index (χ2n) is 4.18. The highest BCUT2D eigenvalue weighted by atomic mass is 35.5. The van der Waals surface area contributed by atoms with Crippen LogP contribution in [0.2, 0.25) is 5.02 Å². The van der Waals surface area contributed by atoms with E-state index in [1.54, 1.807) is 38.1 Å². The molecule has 0 spiro atoms. The third-order valence-corrected chi connectivity index (χ3v) is 2.23. The molecule has 1 aromatic carbocycles. The minimum atomic E-state index is -0.661. The molecule has 0 radical (unpaired) electrons. The van der Waals surface area contributed by atoms with Crippen molar-refractivity contribution in [3.8, 4) is 0 Å². The van der Waals surface area contributed by atoms with Crippen molar-refractivity contribution < 1.29 is 10.0 Å². The molecule has 4 N–H and O–H groups in total. The first-order valence-electron chi connectivity index (χ1n) is 5.21. The number of anilines is 1. The lowest BCUT2D eigenvalue weighted by Gasteiger charge is -2.21. The summed E-state index contributed by atoms with van der Waals surface area (Å²) < 4.78 is 0. The second kappa shape index (κ2) is 6.23. The third-order valence-electron chi connectivity index (χ3n) is 1.98. The fourth-order valence-electron chi connectivity index (χ4n) is 1.09. The van der Waals surface area contributed by atoms with Crippen LogP contribution in [0, 0.1) is 0 Å². The largest absolute Gasteiger partial charge is 0.411 e. The van der Waals surface area contributed by atoms with Crippen LogP contribution in [0.4, 0.5) is 10.5 Å². The van der Waals surface area contributed by atoms with Crippen LogP contribution in [-0.4, -0.2) is 23.0 Å². The Kier molecular flexibility index (Phi) is 4.94. The molecule has 0 aromatic heterocycles. The maximum absolute atomic E-state index is 11.5. The highest BCUT2D eigenvalue weighted by Gasteiger charge is 2.15. The van der Waals surface area contributed by atoms with Gasteiger partial charge in [0.15, 0.2) is 0 Å². The monoisotopic (exact) mass is 270 g/mol. The number of carbonyl (C=O) groups is 1. The molecule has 0 aliphatic rings. The molecule has 0 saturated carbocycles. The zero-order valence-corrected chi connectivity index (χ0v) is 10.8. The van der Waals surface area contributed by atoms with Gasteiger partial charge in [0.2, 0.25) is 0 Å². The molecular weight excluding hydrogens is 256 g/mol. The van der Waals surface area contributed by atoms with Crippen LogP contribution in [0.5, 0.6) is 0 Å². The van der Waals surface area contributed by atoms with E-state index in [0.29, 0.717) is 10.7 Å². The van der Waals surface area contributed by atoms with Gasteiger partial charge in [-0.1, -0.05) is 11.6 Å². The molecular formula is C11H15ClN4O2. The number of benzene rings is 1. The fourth-order valence-corrected chi connectivity index (χ4v) is 1.22. The van der Waals surface area contributed by atoms with Gasteiger partial charge in [0.05, 0.1) is 11.8 Å². The summed E-state index contributed by atoms with van der Waals surface area (Å²) >= 11 is 5.73. The van der Waals surface area contributed by atoms with Crippen molar-refractivity contribution in [2.45, 2.75) is 19.4 Å². The Hall–Kier alpha value is -1.79. The number of nitrogens with zero attached hydrogens (tertiary/aromatic N) is 1. The molecule has 0 saturated heterocycles. The summed E-state index contributed by atoms with van der Waals surface area (Å²) in [6.45, 7) is 3.46. The SMILES string of the molecule is CC(C)(/C=N/O)NNC(=O)Nc1ccc(Cl)cc1. The van der Waals surface area contributed by atoms with Crippen molar-refractivity contribution in [1.29, 1.82) is 0 Å². The Morgan fingerprint density at radius 3 is 2.56 bits per heavy atom. The van der Waals surface area contributed by atoms with Crippen molar-refractivity contribution >= 4 is 29.5 Å². The number of hydrogen-bond acceptors (Lipinski definition) is 4. The van der Waals surface area contributed by atoms with Crippen molar-refractivity contribution in [2.75, 3.05) is 5.32 Å². The number of nitrogens with one attached hydrogen (secondary N) is 3. The predicted octanol–water partition coefficient (Wildman–Crippen LogP) is 2.20. The molecule has 0 aliphatic carbocycles. The molecule has 0 fully saturated rings. The Morgan fingerprint density at radius 2 is 2.00 bits per heavy atom. The Labute approximate surface area is 110 Å². The quantitative estimate of drug-likeness (QED) is 0.384. The Bertz CT molecular complexity index is 431. The summed E-state index contributed by atoms with van der Waals surface area (Å²) in [5, 5.41) is 14.5. The van der Waals surface area contributed by atoms with Gasteiger partial charge >= 0.3 is 6.03 Å². The lowest BCUT2D eigenvalue weighted by atomic mass is 10.1. The molecule has 2 amide bonds. The van der Waals surface area contributed by atoms with E-state index in [-0.39, 0.29) is 0 Å². The van der Waals surface area contributed by atoms with Gasteiger partial charge in [0, 0.05) is 10.7 Å². The van der Waals surface area contributed by atoms with Gasteiger partial charge in [-0.2, -0.15) is 0 Å². The molecule has 0 atom stereocenters. The van der Waals surface area contributed by atoms with Gasteiger partial charge in [0.25, 0.3) is 0 Å². The standard InChI is InChI=1S/C11H15ClN4O2/c1-11(2,7-13-18)16-15-10(17)14-9-5-3-8(12)4-6-9/h3-7,16,18H,1-2H3,(H2,14,15,17)/b13-7+. The zero-order chi connectivity index (χ0) is 13.6. The molecule has 0 unspecified atom stereocenters. The molecule has 1 aromatic rings. The van der Waals surface area contributed by atoms with E-state index < -0.39 is 11.6 Å². The predicted molar refractivity (Wildman–Crippen MR) is 71.1 cm³/mol. The van der Waals surface area contributed by atoms with Gasteiger partial charge in [-0.15, -0.1) is 5.16 Å². The van der Waals surface area contributed by atoms with E-state index >= 15 is 0 Å². The van der Waals surface area contributed by atoms with E-state index in [0.717, 1.165) is 0 Å². The topological polar surface area (TPSA) is 85.8 Å². The van der Waals surface area contributed by atoms with Gasteiger partial charge < -0.3 is 10.5 Å². The van der Waals surface area contributed by atoms with Crippen LogP contribution in [0.1, 0.15) is 13.8 Å². The summed E-state index contributed by atoms with van der Waals surface area (Å²) in [5.41, 5.74) is 5.09. The first-order chi connectivity index (χ1) is 8.43. The van der Waals surface area contributed by atoms with Crippen LogP contribution in [0.25, 0.3) is 0 Å². The summed E-state index contributed by atoms with van der Waals surface area (Å²) in [6, 6.07) is 6.28. The van der Waals surface area contributed by atoms with E-state index in [1.165, 1.54) is 6.21 Å². The fraction of sp³-hybridized carbons (Fsp3) is 0.273. The molecule has 6 nitrogen and oxygen atoms in total. The molecule has 0 heterocycles. The zero-order valence-electron chi connectivity index (χ0n) is 10.1. The first kappa shape index (κ1) is 14.3. The molecule has 7 heteroatoms. The maximum atomic E-state index is 11.5. The minimum absolute atomic E-state index is 0.434. The highest BCUT2D eigenvalue weighted by molar-refractivity contribution is 6.30. The van der Waals surface area contributed by atoms with Crippen molar-refractivity contribution in [1.82, 2.24) is 10.9 Å². The molecule has 0 aliphatic heterocycles. The molecule has 18 heavy (non-hydrogen) atoms. The van der Waals surface area contributed by atoms with Gasteiger partial charge in [0.1, 0.15) is 0 Å². The Morgan fingerprint density at radius 1 is 1.39 bits per heavy atom. The average Bonchev–Trinajstić information content (AvgIpc) is 2.30. The normalized spacial score (nSPS) is 11.5. The summed E-state index contributed by atoms with van der Waals surface area (Å²) in [6.07, 6.45) is 1.26. The first-order valence-corrected chi connectivity index (χ1v) is 5.59. The maximum Gasteiger partial charge on any atom is 0.333 e.